The van der Waals surface area contributed by atoms with E-state index in [9.17, 15) is 9.59 Å². The molecule has 0 atom stereocenters. The van der Waals surface area contributed by atoms with Crippen LogP contribution in [0.2, 0.25) is 0 Å². The molecule has 0 amide bonds. The maximum absolute atomic E-state index is 12.1. The van der Waals surface area contributed by atoms with Crippen LogP contribution >= 0.6 is 0 Å². The molecule has 7 heteroatoms. The van der Waals surface area contributed by atoms with Gasteiger partial charge in [-0.2, -0.15) is 0 Å². The number of pyridine rings is 3. The molecule has 0 aliphatic rings. The molecule has 0 fully saturated rings. The number of ether oxygens (including phenoxy) is 2. The molecule has 0 bridgehead atoms. The number of aromatic amines is 1. The number of H-pyrrole nitrogens is 1. The van der Waals surface area contributed by atoms with Crippen LogP contribution in [0, 0.1) is 0 Å². The molecule has 3 heterocycles. The van der Waals surface area contributed by atoms with Gasteiger partial charge in [0.2, 0.25) is 5.88 Å². The van der Waals surface area contributed by atoms with Crippen LogP contribution in [-0.4, -0.2) is 28.0 Å². The van der Waals surface area contributed by atoms with Gasteiger partial charge < -0.3 is 14.5 Å². The minimum absolute atomic E-state index is 0.101. The lowest BCUT2D eigenvalue weighted by atomic mass is 10.2. The first kappa shape index (κ1) is 13.7. The molecule has 110 valence electrons. The molecule has 1 N–H and O–H groups in total. The van der Waals surface area contributed by atoms with Gasteiger partial charge in [-0.05, 0) is 24.3 Å². The van der Waals surface area contributed by atoms with Crippen molar-refractivity contribution in [1.82, 2.24) is 15.0 Å². The van der Waals surface area contributed by atoms with E-state index in [1.165, 1.54) is 25.4 Å². The second-order valence-electron chi connectivity index (χ2n) is 4.38. The summed E-state index contributed by atoms with van der Waals surface area (Å²) >= 11 is 0. The van der Waals surface area contributed by atoms with Crippen molar-refractivity contribution in [3.8, 4) is 11.6 Å². The fourth-order valence-corrected chi connectivity index (χ4v) is 1.90. The number of methoxy groups -OCH3 is 1. The Morgan fingerprint density at radius 1 is 1.23 bits per heavy atom. The highest BCUT2D eigenvalue weighted by Gasteiger charge is 2.15. The molecule has 3 aromatic rings. The molecule has 0 spiro atoms. The molecule has 0 radical (unpaired) electrons. The van der Waals surface area contributed by atoms with Crippen LogP contribution < -0.4 is 15.0 Å². The van der Waals surface area contributed by atoms with Crippen LogP contribution in [0.4, 0.5) is 0 Å². The van der Waals surface area contributed by atoms with E-state index in [2.05, 4.69) is 15.0 Å². The Morgan fingerprint density at radius 2 is 2.09 bits per heavy atom. The number of hydrogen-bond acceptors (Lipinski definition) is 6. The van der Waals surface area contributed by atoms with Crippen molar-refractivity contribution in [2.75, 3.05) is 7.11 Å². The Bertz CT molecular complexity index is 887. The van der Waals surface area contributed by atoms with Crippen molar-refractivity contribution in [1.29, 1.82) is 0 Å². The van der Waals surface area contributed by atoms with Crippen molar-refractivity contribution in [3.05, 3.63) is 58.6 Å². The van der Waals surface area contributed by atoms with Crippen molar-refractivity contribution < 1.29 is 14.3 Å². The predicted molar refractivity (Wildman–Crippen MR) is 78.1 cm³/mol. The maximum atomic E-state index is 12.1. The zero-order valence-electron chi connectivity index (χ0n) is 11.6. The largest absolute Gasteiger partial charge is 0.481 e. The Balaban J connectivity index is 1.91. The van der Waals surface area contributed by atoms with Gasteiger partial charge in [-0.25, -0.2) is 14.8 Å². The summed E-state index contributed by atoms with van der Waals surface area (Å²) in [6, 6.07) is 7.98. The number of esters is 1. The van der Waals surface area contributed by atoms with Crippen LogP contribution in [0.5, 0.6) is 11.6 Å². The molecular formula is C15H11N3O4. The molecule has 0 aliphatic heterocycles. The molecule has 0 aromatic carbocycles. The zero-order valence-corrected chi connectivity index (χ0v) is 11.6. The minimum atomic E-state index is -0.765. The quantitative estimate of drug-likeness (QED) is 0.737. The van der Waals surface area contributed by atoms with Crippen LogP contribution in [-0.2, 0) is 0 Å². The van der Waals surface area contributed by atoms with Gasteiger partial charge in [-0.3, -0.25) is 4.79 Å². The van der Waals surface area contributed by atoms with Crippen LogP contribution in [0.3, 0.4) is 0 Å². The lowest BCUT2D eigenvalue weighted by Crippen LogP contribution is -2.21. The molecule has 0 saturated heterocycles. The summed E-state index contributed by atoms with van der Waals surface area (Å²) in [5.74, 6) is -0.148. The zero-order chi connectivity index (χ0) is 15.5. The fourth-order valence-electron chi connectivity index (χ4n) is 1.90. The minimum Gasteiger partial charge on any atom is -0.481 e. The number of nitrogens with zero attached hydrogens (tertiary/aromatic N) is 2. The first-order valence-corrected chi connectivity index (χ1v) is 6.37. The van der Waals surface area contributed by atoms with E-state index in [0.29, 0.717) is 16.9 Å². The summed E-state index contributed by atoms with van der Waals surface area (Å²) in [4.78, 5) is 34.5. The number of aromatic nitrogens is 3. The molecule has 3 aromatic heterocycles. The van der Waals surface area contributed by atoms with Crippen LogP contribution in [0.15, 0.2) is 47.5 Å². The summed E-state index contributed by atoms with van der Waals surface area (Å²) in [6.45, 7) is 0. The number of hydrogen-bond donors (Lipinski definition) is 1. The predicted octanol–water partition coefficient (Wildman–Crippen LogP) is 1.55. The monoisotopic (exact) mass is 297 g/mol. The summed E-state index contributed by atoms with van der Waals surface area (Å²) in [7, 11) is 1.48. The molecule has 7 nitrogen and oxygen atoms in total. The molecule has 0 aliphatic carbocycles. The average molecular weight is 297 g/mol. The van der Waals surface area contributed by atoms with Crippen molar-refractivity contribution >= 4 is 17.0 Å². The summed E-state index contributed by atoms with van der Waals surface area (Å²) < 4.78 is 10.0. The summed E-state index contributed by atoms with van der Waals surface area (Å²) in [5, 5.41) is 0.641. The third-order valence-corrected chi connectivity index (χ3v) is 2.96. The van der Waals surface area contributed by atoms with Crippen molar-refractivity contribution in [2.24, 2.45) is 0 Å². The van der Waals surface area contributed by atoms with Gasteiger partial charge >= 0.3 is 5.97 Å². The first-order chi connectivity index (χ1) is 10.7. The molecule has 3 rings (SSSR count). The first-order valence-electron chi connectivity index (χ1n) is 6.37. The third kappa shape index (κ3) is 2.64. The number of carbonyl (C=O) groups excluding carboxylic acids is 1. The van der Waals surface area contributed by atoms with E-state index in [4.69, 9.17) is 9.47 Å². The van der Waals surface area contributed by atoms with E-state index in [-0.39, 0.29) is 11.3 Å². The highest BCUT2D eigenvalue weighted by Crippen LogP contribution is 2.15. The number of nitrogens with one attached hydrogen (secondary N) is 1. The van der Waals surface area contributed by atoms with E-state index in [1.54, 1.807) is 24.4 Å². The van der Waals surface area contributed by atoms with Gasteiger partial charge in [0.1, 0.15) is 17.0 Å². The van der Waals surface area contributed by atoms with Gasteiger partial charge in [0.05, 0.1) is 13.3 Å². The maximum Gasteiger partial charge on any atom is 0.349 e. The number of rotatable bonds is 3. The second kappa shape index (κ2) is 5.65. The highest BCUT2D eigenvalue weighted by atomic mass is 16.5. The Morgan fingerprint density at radius 3 is 2.82 bits per heavy atom. The molecular weight excluding hydrogens is 286 g/mol. The second-order valence-corrected chi connectivity index (χ2v) is 4.38. The van der Waals surface area contributed by atoms with E-state index < -0.39 is 11.5 Å². The lowest BCUT2D eigenvalue weighted by Gasteiger charge is -2.05. The van der Waals surface area contributed by atoms with Gasteiger partial charge in [0, 0.05) is 17.6 Å². The SMILES string of the molecule is COc1ccc(OC(=O)c2cc3cccnc3[nH]c2=O)cn1. The van der Waals surface area contributed by atoms with Gasteiger partial charge in [-0.1, -0.05) is 0 Å². The van der Waals surface area contributed by atoms with Crippen LogP contribution in [0.1, 0.15) is 10.4 Å². The molecule has 0 saturated carbocycles. The normalized spacial score (nSPS) is 10.4. The summed E-state index contributed by atoms with van der Waals surface area (Å²) in [6.07, 6.45) is 2.90. The van der Waals surface area contributed by atoms with Crippen molar-refractivity contribution in [3.63, 3.8) is 0 Å². The van der Waals surface area contributed by atoms with E-state index in [1.807, 2.05) is 0 Å². The van der Waals surface area contributed by atoms with Gasteiger partial charge in [0.25, 0.3) is 5.56 Å². The fraction of sp³-hybridized carbons (Fsp3) is 0.0667. The average Bonchev–Trinajstić information content (AvgIpc) is 2.54. The topological polar surface area (TPSA) is 94.2 Å². The summed E-state index contributed by atoms with van der Waals surface area (Å²) in [5.41, 5.74) is -0.246. The highest BCUT2D eigenvalue weighted by molar-refractivity contribution is 5.94. The van der Waals surface area contributed by atoms with Crippen LogP contribution in [0.25, 0.3) is 11.0 Å². The van der Waals surface area contributed by atoms with E-state index >= 15 is 0 Å². The Hall–Kier alpha value is -3.22. The Kier molecular flexibility index (Phi) is 3.53. The molecule has 0 unspecified atom stereocenters. The van der Waals surface area contributed by atoms with Gasteiger partial charge in [0.15, 0.2) is 0 Å². The van der Waals surface area contributed by atoms with E-state index in [0.717, 1.165) is 0 Å². The Labute approximate surface area is 124 Å². The third-order valence-electron chi connectivity index (χ3n) is 2.96. The van der Waals surface area contributed by atoms with Gasteiger partial charge in [-0.15, -0.1) is 0 Å². The standard InChI is InChI=1S/C15H11N3O4/c1-21-12-5-4-10(8-17-12)22-15(20)11-7-9-3-2-6-16-13(9)18-14(11)19/h2-8H,1H3,(H,16,18,19). The number of fused-ring (bicyclic) bond motifs is 1. The number of carbonyl (C=O) groups is 1. The van der Waals surface area contributed by atoms with Crippen molar-refractivity contribution in [2.45, 2.75) is 0 Å². The lowest BCUT2D eigenvalue weighted by molar-refractivity contribution is 0.0732. The smallest absolute Gasteiger partial charge is 0.349 e. The molecule has 22 heavy (non-hydrogen) atoms.